The summed E-state index contributed by atoms with van der Waals surface area (Å²) >= 11 is 0. The number of ketones is 1. The summed E-state index contributed by atoms with van der Waals surface area (Å²) in [5.74, 6) is -1.13. The van der Waals surface area contributed by atoms with E-state index in [0.717, 1.165) is 21.5 Å². The third-order valence-electron chi connectivity index (χ3n) is 6.10. The monoisotopic (exact) mass is 506 g/mol. The van der Waals surface area contributed by atoms with Gasteiger partial charge in [0.1, 0.15) is 23.0 Å². The number of Topliss-reactive ketones (excluding diaryl/α,β-unsaturated/α-hetero) is 1. The molecule has 0 saturated heterocycles. The fraction of sp³-hybridized carbons (Fsp3) is 0.0645. The predicted molar refractivity (Wildman–Crippen MR) is 142 cm³/mol. The van der Waals surface area contributed by atoms with Crippen LogP contribution in [0.1, 0.15) is 44.4 Å². The van der Waals surface area contributed by atoms with E-state index < -0.39 is 11.9 Å². The second kappa shape index (κ2) is 10.1. The van der Waals surface area contributed by atoms with Crippen molar-refractivity contribution in [2.45, 2.75) is 13.3 Å². The van der Waals surface area contributed by atoms with Crippen LogP contribution < -0.4 is 9.47 Å². The third-order valence-corrected chi connectivity index (χ3v) is 6.10. The van der Waals surface area contributed by atoms with Crippen molar-refractivity contribution in [2.24, 2.45) is 0 Å². The van der Waals surface area contributed by atoms with Crippen LogP contribution >= 0.6 is 0 Å². The largest absolute Gasteiger partial charge is 0.508 e. The average molecular weight is 507 g/mol. The molecule has 0 aliphatic carbocycles. The lowest BCUT2D eigenvalue weighted by Crippen LogP contribution is -2.13. The summed E-state index contributed by atoms with van der Waals surface area (Å²) in [6, 6.07) is 23.7. The predicted octanol–water partition coefficient (Wildman–Crippen LogP) is 6.44. The molecular weight excluding hydrogens is 484 g/mol. The van der Waals surface area contributed by atoms with E-state index in [4.69, 9.17) is 9.47 Å². The lowest BCUT2D eigenvalue weighted by molar-refractivity contribution is 0.0716. The van der Waals surface area contributed by atoms with Gasteiger partial charge in [0.25, 0.3) is 0 Å². The first kappa shape index (κ1) is 24.5. The lowest BCUT2D eigenvalue weighted by atomic mass is 10.1. The molecule has 7 heteroatoms. The van der Waals surface area contributed by atoms with Crippen LogP contribution in [-0.4, -0.2) is 27.9 Å². The van der Waals surface area contributed by atoms with Crippen molar-refractivity contribution in [1.29, 1.82) is 0 Å². The molecule has 0 fully saturated rings. The summed E-state index contributed by atoms with van der Waals surface area (Å²) in [6.45, 7) is 1.68. The Morgan fingerprint density at radius 2 is 1.11 bits per heavy atom. The Labute approximate surface area is 217 Å². The number of fused-ring (bicyclic) bond motifs is 2. The molecule has 0 atom stereocenters. The quantitative estimate of drug-likeness (QED) is 0.155. The first-order chi connectivity index (χ1) is 18.3. The van der Waals surface area contributed by atoms with Crippen molar-refractivity contribution in [1.82, 2.24) is 0 Å². The van der Waals surface area contributed by atoms with Gasteiger partial charge >= 0.3 is 11.9 Å². The molecule has 0 spiro atoms. The van der Waals surface area contributed by atoms with Crippen molar-refractivity contribution < 1.29 is 34.1 Å². The van der Waals surface area contributed by atoms with Gasteiger partial charge in [-0.15, -0.1) is 0 Å². The van der Waals surface area contributed by atoms with Crippen LogP contribution in [0.4, 0.5) is 0 Å². The summed E-state index contributed by atoms with van der Waals surface area (Å²) in [4.78, 5) is 38.3. The maximum atomic E-state index is 12.9. The molecule has 5 rings (SSSR count). The minimum absolute atomic E-state index is 0.0537. The van der Waals surface area contributed by atoms with E-state index in [0.29, 0.717) is 5.56 Å². The highest BCUT2D eigenvalue weighted by Crippen LogP contribution is 2.29. The Bertz CT molecular complexity index is 1740. The fourth-order valence-corrected chi connectivity index (χ4v) is 4.11. The van der Waals surface area contributed by atoms with Crippen LogP contribution in [0, 0.1) is 0 Å². The van der Waals surface area contributed by atoms with Crippen LogP contribution in [0.3, 0.4) is 0 Å². The molecule has 5 aromatic carbocycles. The van der Waals surface area contributed by atoms with Crippen LogP contribution in [0.15, 0.2) is 91.0 Å². The molecule has 0 saturated carbocycles. The highest BCUT2D eigenvalue weighted by Gasteiger charge is 2.19. The van der Waals surface area contributed by atoms with Crippen molar-refractivity contribution >= 4 is 39.3 Å². The van der Waals surface area contributed by atoms with E-state index in [1.807, 2.05) is 0 Å². The molecule has 0 aliphatic rings. The Balaban J connectivity index is 1.38. The van der Waals surface area contributed by atoms with Gasteiger partial charge in [0.05, 0.1) is 16.7 Å². The first-order valence-electron chi connectivity index (χ1n) is 11.9. The first-order valence-corrected chi connectivity index (χ1v) is 11.9. The summed E-state index contributed by atoms with van der Waals surface area (Å²) in [7, 11) is 0. The zero-order valence-electron chi connectivity index (χ0n) is 20.3. The van der Waals surface area contributed by atoms with Crippen LogP contribution in [0.25, 0.3) is 21.5 Å². The molecule has 0 radical (unpaired) electrons. The maximum Gasteiger partial charge on any atom is 0.343 e. The molecule has 2 N–H and O–H groups in total. The Hall–Kier alpha value is -5.17. The van der Waals surface area contributed by atoms with E-state index >= 15 is 0 Å². The Morgan fingerprint density at radius 3 is 1.66 bits per heavy atom. The van der Waals surface area contributed by atoms with Crippen molar-refractivity contribution in [3.05, 3.63) is 108 Å². The second-order valence-corrected chi connectivity index (χ2v) is 8.71. The number of benzene rings is 5. The van der Waals surface area contributed by atoms with Crippen LogP contribution in [0.5, 0.6) is 23.0 Å². The summed E-state index contributed by atoms with van der Waals surface area (Å²) in [5.41, 5.74) is 0.691. The molecule has 0 aliphatic heterocycles. The van der Waals surface area contributed by atoms with Crippen molar-refractivity contribution in [3.63, 3.8) is 0 Å². The fourth-order valence-electron chi connectivity index (χ4n) is 4.11. The minimum Gasteiger partial charge on any atom is -0.508 e. The number of carbonyl (C=O) groups excluding carboxylic acids is 3. The van der Waals surface area contributed by atoms with Crippen LogP contribution in [0.2, 0.25) is 0 Å². The molecule has 38 heavy (non-hydrogen) atoms. The molecule has 188 valence electrons. The number of hydrogen-bond donors (Lipinski definition) is 2. The molecule has 0 amide bonds. The number of aromatic hydroxyl groups is 2. The van der Waals surface area contributed by atoms with Gasteiger partial charge in [-0.3, -0.25) is 4.79 Å². The molecular formula is C31H22O7. The number of hydrogen-bond acceptors (Lipinski definition) is 7. The number of esters is 2. The minimum atomic E-state index is -0.655. The average Bonchev–Trinajstić information content (AvgIpc) is 2.92. The second-order valence-electron chi connectivity index (χ2n) is 8.71. The highest BCUT2D eigenvalue weighted by molar-refractivity contribution is 6.02. The van der Waals surface area contributed by atoms with Gasteiger partial charge in [0, 0.05) is 6.42 Å². The lowest BCUT2D eigenvalue weighted by Gasteiger charge is -2.12. The zero-order chi connectivity index (χ0) is 26.8. The molecule has 0 aromatic heterocycles. The van der Waals surface area contributed by atoms with Crippen molar-refractivity contribution in [2.75, 3.05) is 0 Å². The Morgan fingerprint density at radius 1 is 0.605 bits per heavy atom. The SMILES string of the molecule is CCC(=O)c1cc(OC(=O)c2ccc3cc(O)ccc3c2)ccc1OC(=O)c1ccc2cc(O)ccc2c1. The van der Waals surface area contributed by atoms with Gasteiger partial charge in [-0.25, -0.2) is 9.59 Å². The van der Waals surface area contributed by atoms with Crippen molar-refractivity contribution in [3.8, 4) is 23.0 Å². The molecule has 0 bridgehead atoms. The normalized spacial score (nSPS) is 10.9. The smallest absolute Gasteiger partial charge is 0.343 e. The number of rotatable bonds is 6. The number of ether oxygens (including phenoxy) is 2. The van der Waals surface area contributed by atoms with Gasteiger partial charge in [-0.05, 0) is 88.3 Å². The van der Waals surface area contributed by atoms with Gasteiger partial charge in [0.15, 0.2) is 5.78 Å². The molecule has 5 aromatic rings. The van der Waals surface area contributed by atoms with E-state index in [1.165, 1.54) is 30.3 Å². The van der Waals surface area contributed by atoms with E-state index in [2.05, 4.69) is 0 Å². The van der Waals surface area contributed by atoms with E-state index in [1.54, 1.807) is 67.6 Å². The highest BCUT2D eigenvalue weighted by atomic mass is 16.5. The summed E-state index contributed by atoms with van der Waals surface area (Å²) < 4.78 is 11.1. The molecule has 0 heterocycles. The van der Waals surface area contributed by atoms with Gasteiger partial charge in [0.2, 0.25) is 0 Å². The summed E-state index contributed by atoms with van der Waals surface area (Å²) in [6.07, 6.45) is 0.152. The van der Waals surface area contributed by atoms with E-state index in [9.17, 15) is 24.6 Å². The van der Waals surface area contributed by atoms with Crippen LogP contribution in [-0.2, 0) is 0 Å². The third kappa shape index (κ3) is 5.03. The van der Waals surface area contributed by atoms with E-state index in [-0.39, 0.29) is 46.3 Å². The molecule has 0 unspecified atom stereocenters. The Kier molecular flexibility index (Phi) is 6.49. The van der Waals surface area contributed by atoms with Gasteiger partial charge in [-0.1, -0.05) is 31.2 Å². The zero-order valence-corrected chi connectivity index (χ0v) is 20.3. The topological polar surface area (TPSA) is 110 Å². The van der Waals surface area contributed by atoms with Gasteiger partial charge in [-0.2, -0.15) is 0 Å². The maximum absolute atomic E-state index is 12.9. The number of phenols is 2. The standard InChI is InChI=1S/C31H22O7/c1-2-28(34)27-17-26(37-30(35)22-5-3-20-15-24(32)9-7-18(20)13-22)11-12-29(27)38-31(36)23-6-4-21-16-25(33)10-8-19(21)14-23/h3-17,32-33H,2H2,1H3. The molecule has 7 nitrogen and oxygen atoms in total. The summed E-state index contributed by atoms with van der Waals surface area (Å²) in [5, 5.41) is 22.3. The number of carbonyl (C=O) groups is 3. The van der Waals surface area contributed by atoms with Gasteiger partial charge < -0.3 is 19.7 Å². The number of phenolic OH excluding ortho intramolecular Hbond substituents is 2.